The summed E-state index contributed by atoms with van der Waals surface area (Å²) < 4.78 is 16.8. The van der Waals surface area contributed by atoms with Crippen LogP contribution in [-0.2, 0) is 28.6 Å². The van der Waals surface area contributed by atoms with Gasteiger partial charge >= 0.3 is 17.9 Å². The number of rotatable bonds is 52. The summed E-state index contributed by atoms with van der Waals surface area (Å²) in [5.41, 5.74) is 0. The zero-order valence-electron chi connectivity index (χ0n) is 45.8. The van der Waals surface area contributed by atoms with E-state index in [9.17, 15) is 14.4 Å². The Bertz CT molecular complexity index is 1400. The number of hydrogen-bond donors (Lipinski definition) is 0. The average Bonchev–Trinajstić information content (AvgIpc) is 3.36. The SMILES string of the molecule is CC/C=C\C/C=C\C/C=C\C/C=C\C/C=C\C/C=C\C/C=C\CCCCCC(=O)OCC(COC(=O)CCCCCCC/C=C\CCCCC)OC(=O)CCCCCCCCCCCCCCCCC. The lowest BCUT2D eigenvalue weighted by atomic mass is 10.0. The molecule has 6 heteroatoms. The average molecular weight is 974 g/mol. The Hall–Kier alpha value is -3.67. The molecule has 400 valence electrons. The fraction of sp³-hybridized carbons (Fsp3) is 0.703. The van der Waals surface area contributed by atoms with Crippen molar-refractivity contribution in [3.05, 3.63) is 97.2 Å². The summed E-state index contributed by atoms with van der Waals surface area (Å²) in [7, 11) is 0. The fourth-order valence-electron chi connectivity index (χ4n) is 7.95. The van der Waals surface area contributed by atoms with E-state index in [4.69, 9.17) is 14.2 Å². The van der Waals surface area contributed by atoms with E-state index in [-0.39, 0.29) is 31.1 Å². The predicted octanol–water partition coefficient (Wildman–Crippen LogP) is 19.7. The van der Waals surface area contributed by atoms with Gasteiger partial charge in [-0.2, -0.15) is 0 Å². The maximum Gasteiger partial charge on any atom is 0.306 e. The minimum atomic E-state index is -0.793. The molecule has 70 heavy (non-hydrogen) atoms. The van der Waals surface area contributed by atoms with E-state index in [1.54, 1.807) is 0 Å². The molecule has 0 saturated heterocycles. The van der Waals surface area contributed by atoms with E-state index < -0.39 is 6.10 Å². The molecule has 0 fully saturated rings. The summed E-state index contributed by atoms with van der Waals surface area (Å²) in [6.07, 6.45) is 76.8. The second-order valence-corrected chi connectivity index (χ2v) is 19.2. The Morgan fingerprint density at radius 3 is 0.929 bits per heavy atom. The largest absolute Gasteiger partial charge is 0.462 e. The maximum atomic E-state index is 12.8. The van der Waals surface area contributed by atoms with Crippen LogP contribution in [0, 0.1) is 0 Å². The molecule has 0 heterocycles. The van der Waals surface area contributed by atoms with Gasteiger partial charge in [-0.3, -0.25) is 14.4 Å². The van der Waals surface area contributed by atoms with Crippen LogP contribution in [0.4, 0.5) is 0 Å². The molecule has 0 aliphatic rings. The van der Waals surface area contributed by atoms with E-state index in [1.807, 2.05) is 0 Å². The van der Waals surface area contributed by atoms with Gasteiger partial charge in [-0.15, -0.1) is 0 Å². The zero-order chi connectivity index (χ0) is 50.7. The number of carbonyl (C=O) groups excluding carboxylic acids is 3. The summed E-state index contributed by atoms with van der Waals surface area (Å²) in [6, 6.07) is 0. The first-order valence-electron chi connectivity index (χ1n) is 29.2. The van der Waals surface area contributed by atoms with Crippen LogP contribution in [0.5, 0.6) is 0 Å². The Kier molecular flexibility index (Phi) is 54.9. The van der Waals surface area contributed by atoms with Crippen LogP contribution in [0.15, 0.2) is 97.2 Å². The maximum absolute atomic E-state index is 12.8. The fourth-order valence-corrected chi connectivity index (χ4v) is 7.95. The van der Waals surface area contributed by atoms with Crippen molar-refractivity contribution in [1.82, 2.24) is 0 Å². The zero-order valence-corrected chi connectivity index (χ0v) is 45.8. The van der Waals surface area contributed by atoms with Gasteiger partial charge < -0.3 is 14.2 Å². The molecule has 6 nitrogen and oxygen atoms in total. The monoisotopic (exact) mass is 973 g/mol. The first kappa shape index (κ1) is 66.3. The van der Waals surface area contributed by atoms with Gasteiger partial charge in [-0.25, -0.2) is 0 Å². The number of esters is 3. The van der Waals surface area contributed by atoms with Gasteiger partial charge in [0.05, 0.1) is 0 Å². The van der Waals surface area contributed by atoms with Gasteiger partial charge in [0.25, 0.3) is 0 Å². The quantitative estimate of drug-likeness (QED) is 0.0262. The van der Waals surface area contributed by atoms with E-state index in [2.05, 4.69) is 118 Å². The van der Waals surface area contributed by atoms with Crippen LogP contribution in [0.2, 0.25) is 0 Å². The number of allylic oxidation sites excluding steroid dienone is 16. The van der Waals surface area contributed by atoms with E-state index in [0.29, 0.717) is 19.3 Å². The highest BCUT2D eigenvalue weighted by Gasteiger charge is 2.19. The lowest BCUT2D eigenvalue weighted by Gasteiger charge is -2.18. The van der Waals surface area contributed by atoms with Gasteiger partial charge in [-0.1, -0.05) is 246 Å². The van der Waals surface area contributed by atoms with Crippen LogP contribution < -0.4 is 0 Å². The van der Waals surface area contributed by atoms with Gasteiger partial charge in [0, 0.05) is 19.3 Å². The summed E-state index contributed by atoms with van der Waals surface area (Å²) in [5.74, 6) is -0.928. The minimum Gasteiger partial charge on any atom is -0.462 e. The molecule has 0 saturated carbocycles. The lowest BCUT2D eigenvalue weighted by molar-refractivity contribution is -0.167. The molecule has 0 spiro atoms. The molecule has 0 rings (SSSR count). The van der Waals surface area contributed by atoms with Crippen LogP contribution in [0.3, 0.4) is 0 Å². The van der Waals surface area contributed by atoms with Crippen molar-refractivity contribution in [2.45, 2.75) is 277 Å². The van der Waals surface area contributed by atoms with Crippen molar-refractivity contribution >= 4 is 17.9 Å². The lowest BCUT2D eigenvalue weighted by Crippen LogP contribution is -2.30. The van der Waals surface area contributed by atoms with E-state index >= 15 is 0 Å². The second kappa shape index (κ2) is 57.9. The Balaban J connectivity index is 4.39. The van der Waals surface area contributed by atoms with Gasteiger partial charge in [0.2, 0.25) is 0 Å². The van der Waals surface area contributed by atoms with Crippen LogP contribution >= 0.6 is 0 Å². The van der Waals surface area contributed by atoms with Crippen molar-refractivity contribution in [1.29, 1.82) is 0 Å². The molecule has 0 aromatic heterocycles. The molecule has 0 bridgehead atoms. The minimum absolute atomic E-state index is 0.0911. The van der Waals surface area contributed by atoms with Gasteiger partial charge in [0.15, 0.2) is 6.10 Å². The molecule has 0 amide bonds. The van der Waals surface area contributed by atoms with Gasteiger partial charge in [-0.05, 0) is 103 Å². The Labute approximate surface area is 432 Å². The normalized spacial score (nSPS) is 12.8. The number of carbonyl (C=O) groups is 3. The van der Waals surface area contributed by atoms with Crippen molar-refractivity contribution in [2.75, 3.05) is 13.2 Å². The molecule has 0 aromatic carbocycles. The Morgan fingerprint density at radius 1 is 0.300 bits per heavy atom. The highest BCUT2D eigenvalue weighted by molar-refractivity contribution is 5.71. The topological polar surface area (TPSA) is 78.9 Å². The Morgan fingerprint density at radius 2 is 0.557 bits per heavy atom. The summed E-state index contributed by atoms with van der Waals surface area (Å²) >= 11 is 0. The third-order valence-electron chi connectivity index (χ3n) is 12.3. The van der Waals surface area contributed by atoms with Crippen LogP contribution in [0.1, 0.15) is 271 Å². The van der Waals surface area contributed by atoms with Crippen molar-refractivity contribution < 1.29 is 28.6 Å². The molecule has 0 aliphatic heterocycles. The molecule has 0 radical (unpaired) electrons. The van der Waals surface area contributed by atoms with Crippen molar-refractivity contribution in [3.8, 4) is 0 Å². The second-order valence-electron chi connectivity index (χ2n) is 19.2. The standard InChI is InChI=1S/C64H108O6/c1-4-7-10-13-16-19-22-25-27-28-29-30-31-32-33-34-35-36-38-39-42-45-48-51-54-57-63(66)69-60-61(59-68-62(65)56-53-50-47-44-41-24-21-18-15-12-9-6-3)70-64(67)58-55-52-49-46-43-40-37-26-23-20-17-14-11-8-5-2/h7,10,16,18-19,21,25,27,29-30,32-33,35-36,39,42,61H,4-6,8-9,11-15,17,20,22-24,26,28,31,34,37-38,40-41,43-60H2,1-3H3/b10-7-,19-16-,21-18-,27-25-,30-29-,33-32-,36-35-,42-39-. The third-order valence-corrected chi connectivity index (χ3v) is 12.3. The van der Waals surface area contributed by atoms with Crippen molar-refractivity contribution in [3.63, 3.8) is 0 Å². The summed E-state index contributed by atoms with van der Waals surface area (Å²) in [6.45, 7) is 6.48. The predicted molar refractivity (Wildman–Crippen MR) is 302 cm³/mol. The van der Waals surface area contributed by atoms with Crippen LogP contribution in [0.25, 0.3) is 0 Å². The van der Waals surface area contributed by atoms with E-state index in [1.165, 1.54) is 116 Å². The highest BCUT2D eigenvalue weighted by atomic mass is 16.6. The molecular weight excluding hydrogens is 865 g/mol. The van der Waals surface area contributed by atoms with E-state index in [0.717, 1.165) is 116 Å². The number of unbranched alkanes of at least 4 members (excludes halogenated alkanes) is 25. The molecule has 1 unspecified atom stereocenters. The molecule has 0 aromatic rings. The van der Waals surface area contributed by atoms with Crippen molar-refractivity contribution in [2.24, 2.45) is 0 Å². The molecule has 0 N–H and O–H groups in total. The highest BCUT2D eigenvalue weighted by Crippen LogP contribution is 2.15. The summed E-state index contributed by atoms with van der Waals surface area (Å²) in [5, 5.41) is 0. The third kappa shape index (κ3) is 55.3. The van der Waals surface area contributed by atoms with Gasteiger partial charge in [0.1, 0.15) is 13.2 Å². The first-order valence-corrected chi connectivity index (χ1v) is 29.2. The first-order chi connectivity index (χ1) is 34.5. The molecule has 0 aliphatic carbocycles. The number of ether oxygens (including phenoxy) is 3. The smallest absolute Gasteiger partial charge is 0.306 e. The molecule has 1 atom stereocenters. The number of hydrogen-bond acceptors (Lipinski definition) is 6. The van der Waals surface area contributed by atoms with Crippen LogP contribution in [-0.4, -0.2) is 37.2 Å². The molecular formula is C64H108O6. The summed E-state index contributed by atoms with van der Waals surface area (Å²) in [4.78, 5) is 38.1.